The molecule has 0 fully saturated rings. The van der Waals surface area contributed by atoms with E-state index in [0.717, 1.165) is 30.4 Å². The monoisotopic (exact) mass is 212 g/mol. The molecule has 3 nitrogen and oxygen atoms in total. The number of nitrogens with one attached hydrogen (secondary N) is 1. The van der Waals surface area contributed by atoms with Crippen LogP contribution in [0.25, 0.3) is 6.08 Å². The van der Waals surface area contributed by atoms with Gasteiger partial charge >= 0.3 is 0 Å². The number of hydrogen-bond donors (Lipinski definition) is 1. The Balaban J connectivity index is 2.15. The van der Waals surface area contributed by atoms with Crippen LogP contribution >= 0.6 is 11.3 Å². The Bertz CT molecular complexity index is 283. The van der Waals surface area contributed by atoms with Crippen LogP contribution in [0.2, 0.25) is 0 Å². The predicted molar refractivity (Wildman–Crippen MR) is 60.6 cm³/mol. The number of ether oxygens (including phenoxy) is 1. The second-order valence-electron chi connectivity index (χ2n) is 2.93. The van der Waals surface area contributed by atoms with Crippen LogP contribution in [0.5, 0.6) is 0 Å². The molecular formula is C10H16N2OS. The molecule has 0 amide bonds. The Morgan fingerprint density at radius 3 is 3.14 bits per heavy atom. The molecule has 0 spiro atoms. The minimum atomic E-state index is 0.754. The summed E-state index contributed by atoms with van der Waals surface area (Å²) in [5.41, 5.74) is 1.09. The van der Waals surface area contributed by atoms with Gasteiger partial charge in [0, 0.05) is 31.3 Å². The molecule has 0 radical (unpaired) electrons. The fourth-order valence-electron chi connectivity index (χ4n) is 0.968. The van der Waals surface area contributed by atoms with Gasteiger partial charge in [0.05, 0.1) is 6.61 Å². The van der Waals surface area contributed by atoms with Gasteiger partial charge in [0.1, 0.15) is 5.01 Å². The number of aryl methyl sites for hydroxylation is 1. The third-order valence-electron chi connectivity index (χ3n) is 1.64. The van der Waals surface area contributed by atoms with Crippen LogP contribution in [0.4, 0.5) is 0 Å². The van der Waals surface area contributed by atoms with Crippen molar-refractivity contribution in [2.75, 3.05) is 26.8 Å². The maximum atomic E-state index is 4.91. The molecule has 0 saturated heterocycles. The largest absolute Gasteiger partial charge is 0.383 e. The third kappa shape index (κ3) is 4.50. The molecule has 1 rings (SSSR count). The molecule has 14 heavy (non-hydrogen) atoms. The Labute approximate surface area is 88.8 Å². The van der Waals surface area contributed by atoms with Gasteiger partial charge in [-0.15, -0.1) is 11.3 Å². The molecule has 1 N–H and O–H groups in total. The molecule has 0 unspecified atom stereocenters. The van der Waals surface area contributed by atoms with E-state index in [4.69, 9.17) is 4.74 Å². The van der Waals surface area contributed by atoms with Crippen LogP contribution in [-0.4, -0.2) is 31.8 Å². The van der Waals surface area contributed by atoms with Crippen molar-refractivity contribution in [3.05, 3.63) is 22.2 Å². The lowest BCUT2D eigenvalue weighted by atomic mass is 10.5. The number of nitrogens with zero attached hydrogens (tertiary/aromatic N) is 1. The van der Waals surface area contributed by atoms with Gasteiger partial charge in [0.25, 0.3) is 0 Å². The average molecular weight is 212 g/mol. The first-order valence-corrected chi connectivity index (χ1v) is 5.49. The van der Waals surface area contributed by atoms with Crippen LogP contribution in [0.3, 0.4) is 0 Å². The van der Waals surface area contributed by atoms with Crippen molar-refractivity contribution in [3.63, 3.8) is 0 Å². The minimum Gasteiger partial charge on any atom is -0.383 e. The Kier molecular flexibility index (Phi) is 5.44. The molecule has 4 heteroatoms. The zero-order valence-corrected chi connectivity index (χ0v) is 9.43. The number of rotatable bonds is 6. The van der Waals surface area contributed by atoms with E-state index in [0.29, 0.717) is 0 Å². The van der Waals surface area contributed by atoms with E-state index in [1.54, 1.807) is 18.4 Å². The zero-order valence-electron chi connectivity index (χ0n) is 8.62. The minimum absolute atomic E-state index is 0.754. The number of methoxy groups -OCH3 is 1. The van der Waals surface area contributed by atoms with E-state index in [1.165, 1.54) is 0 Å². The van der Waals surface area contributed by atoms with Gasteiger partial charge in [-0.1, -0.05) is 6.08 Å². The molecule has 0 atom stereocenters. The van der Waals surface area contributed by atoms with Crippen LogP contribution in [0.1, 0.15) is 10.7 Å². The maximum Gasteiger partial charge on any atom is 0.116 e. The first kappa shape index (κ1) is 11.4. The van der Waals surface area contributed by atoms with Crippen LogP contribution in [0.15, 0.2) is 11.5 Å². The highest BCUT2D eigenvalue weighted by molar-refractivity contribution is 7.10. The predicted octanol–water partition coefficient (Wildman–Crippen LogP) is 1.70. The van der Waals surface area contributed by atoms with Crippen molar-refractivity contribution >= 4 is 17.4 Å². The van der Waals surface area contributed by atoms with Gasteiger partial charge in [-0.05, 0) is 13.0 Å². The summed E-state index contributed by atoms with van der Waals surface area (Å²) in [5, 5.41) is 6.35. The number of thiazole rings is 1. The lowest BCUT2D eigenvalue weighted by Gasteiger charge is -1.98. The molecule has 1 heterocycles. The molecule has 0 bridgehead atoms. The van der Waals surface area contributed by atoms with Crippen molar-refractivity contribution in [2.24, 2.45) is 0 Å². The highest BCUT2D eigenvalue weighted by atomic mass is 32.1. The molecule has 0 aliphatic heterocycles. The third-order valence-corrected chi connectivity index (χ3v) is 2.57. The fourth-order valence-corrected chi connectivity index (χ4v) is 1.68. The van der Waals surface area contributed by atoms with Crippen molar-refractivity contribution < 1.29 is 4.74 Å². The van der Waals surface area contributed by atoms with Gasteiger partial charge in [-0.3, -0.25) is 0 Å². The zero-order chi connectivity index (χ0) is 10.2. The fraction of sp³-hybridized carbons (Fsp3) is 0.500. The normalized spacial score (nSPS) is 11.3. The summed E-state index contributed by atoms with van der Waals surface area (Å²) in [7, 11) is 1.70. The molecule has 78 valence electrons. The van der Waals surface area contributed by atoms with Gasteiger partial charge in [0.2, 0.25) is 0 Å². The molecule has 1 aromatic rings. The van der Waals surface area contributed by atoms with E-state index in [2.05, 4.69) is 21.8 Å². The standard InChI is InChI=1S/C10H16N2OS/c1-9-8-14-10(12-9)4-3-5-11-6-7-13-2/h3-4,8,11H,5-7H2,1-2H3/b4-3+. The lowest BCUT2D eigenvalue weighted by Crippen LogP contribution is -2.18. The topological polar surface area (TPSA) is 34.1 Å². The summed E-state index contributed by atoms with van der Waals surface area (Å²) in [6, 6.07) is 0. The van der Waals surface area contributed by atoms with E-state index in [1.807, 2.05) is 13.0 Å². The highest BCUT2D eigenvalue weighted by Gasteiger charge is 1.91. The van der Waals surface area contributed by atoms with E-state index >= 15 is 0 Å². The molecule has 0 aliphatic rings. The van der Waals surface area contributed by atoms with Crippen LogP contribution in [-0.2, 0) is 4.74 Å². The van der Waals surface area contributed by atoms with E-state index in [-0.39, 0.29) is 0 Å². The maximum absolute atomic E-state index is 4.91. The summed E-state index contributed by atoms with van der Waals surface area (Å²) < 4.78 is 4.91. The average Bonchev–Trinajstić information content (AvgIpc) is 2.58. The Hall–Kier alpha value is -0.710. The first-order chi connectivity index (χ1) is 6.83. The van der Waals surface area contributed by atoms with Crippen molar-refractivity contribution in [1.29, 1.82) is 0 Å². The first-order valence-electron chi connectivity index (χ1n) is 4.61. The summed E-state index contributed by atoms with van der Waals surface area (Å²) in [5.74, 6) is 0. The SMILES string of the molecule is COCCNC/C=C/c1nc(C)cs1. The van der Waals surface area contributed by atoms with Gasteiger partial charge in [0.15, 0.2) is 0 Å². The summed E-state index contributed by atoms with van der Waals surface area (Å²) in [6.07, 6.45) is 4.12. The number of aromatic nitrogens is 1. The second-order valence-corrected chi connectivity index (χ2v) is 3.82. The van der Waals surface area contributed by atoms with E-state index < -0.39 is 0 Å². The molecule has 0 saturated carbocycles. The Morgan fingerprint density at radius 2 is 2.50 bits per heavy atom. The smallest absolute Gasteiger partial charge is 0.116 e. The van der Waals surface area contributed by atoms with Crippen molar-refractivity contribution in [3.8, 4) is 0 Å². The Morgan fingerprint density at radius 1 is 1.64 bits per heavy atom. The van der Waals surface area contributed by atoms with Crippen LogP contribution < -0.4 is 5.32 Å². The van der Waals surface area contributed by atoms with E-state index in [9.17, 15) is 0 Å². The van der Waals surface area contributed by atoms with Crippen molar-refractivity contribution in [1.82, 2.24) is 10.3 Å². The molecule has 0 aromatic carbocycles. The summed E-state index contributed by atoms with van der Waals surface area (Å²) in [4.78, 5) is 4.32. The lowest BCUT2D eigenvalue weighted by molar-refractivity contribution is 0.200. The highest BCUT2D eigenvalue weighted by Crippen LogP contribution is 2.09. The quantitative estimate of drug-likeness (QED) is 0.729. The molecular weight excluding hydrogens is 196 g/mol. The van der Waals surface area contributed by atoms with Gasteiger partial charge in [-0.25, -0.2) is 4.98 Å². The number of hydrogen-bond acceptors (Lipinski definition) is 4. The molecule has 1 aromatic heterocycles. The van der Waals surface area contributed by atoms with Crippen LogP contribution in [0, 0.1) is 6.92 Å². The second kappa shape index (κ2) is 6.70. The summed E-state index contributed by atoms with van der Waals surface area (Å²) in [6.45, 7) is 4.51. The van der Waals surface area contributed by atoms with Gasteiger partial charge in [-0.2, -0.15) is 0 Å². The van der Waals surface area contributed by atoms with Gasteiger partial charge < -0.3 is 10.1 Å². The molecule has 0 aliphatic carbocycles. The summed E-state index contributed by atoms with van der Waals surface area (Å²) >= 11 is 1.67. The van der Waals surface area contributed by atoms with Crippen molar-refractivity contribution in [2.45, 2.75) is 6.92 Å².